The first-order chi connectivity index (χ1) is 7.16. The molecule has 0 aliphatic rings. The van der Waals surface area contributed by atoms with E-state index in [1.807, 2.05) is 6.92 Å². The number of unbranched alkanes of at least 4 members (excludes halogenated alkanes) is 5. The van der Waals surface area contributed by atoms with Gasteiger partial charge in [0.15, 0.2) is 0 Å². The van der Waals surface area contributed by atoms with Crippen LogP contribution in [-0.4, -0.2) is 21.0 Å². The summed E-state index contributed by atoms with van der Waals surface area (Å²) in [7, 11) is -2.19. The Labute approximate surface area is 98.6 Å². The van der Waals surface area contributed by atoms with Crippen molar-refractivity contribution < 1.29 is 14.3 Å². The lowest BCUT2D eigenvalue weighted by Gasteiger charge is -2.11. The third-order valence-corrected chi connectivity index (χ3v) is 3.83. The van der Waals surface area contributed by atoms with Crippen molar-refractivity contribution in [1.82, 2.24) is 0 Å². The molecule has 1 atom stereocenters. The van der Waals surface area contributed by atoms with Crippen molar-refractivity contribution in [2.24, 2.45) is 0 Å². The predicted octanol–water partition coefficient (Wildman–Crippen LogP) is 3.65. The normalized spacial score (nSPS) is 13.4. The van der Waals surface area contributed by atoms with Crippen LogP contribution in [0.2, 0.25) is 0 Å². The quantitative estimate of drug-likeness (QED) is 0.355. The van der Waals surface area contributed by atoms with Gasteiger partial charge in [-0.25, -0.2) is 0 Å². The Kier molecular flexibility index (Phi) is 11.6. The Hall–Kier alpha value is 0.660. The van der Waals surface area contributed by atoms with Gasteiger partial charge in [-0.3, -0.25) is 4.52 Å². The average molecular weight is 254 g/mol. The maximum atomic E-state index is 8.61. The van der Waals surface area contributed by atoms with E-state index in [0.29, 0.717) is 0 Å². The topological polar surface area (TPSA) is 49.7 Å². The number of hydrogen-bond donors (Lipinski definition) is 2. The van der Waals surface area contributed by atoms with E-state index in [9.17, 15) is 0 Å². The van der Waals surface area contributed by atoms with E-state index in [4.69, 9.17) is 14.3 Å². The molecular weight excluding hydrogens is 231 g/mol. The molecule has 0 aromatic carbocycles. The highest BCUT2D eigenvalue weighted by Crippen LogP contribution is 2.31. The molecule has 5 heteroatoms. The molecule has 15 heavy (non-hydrogen) atoms. The van der Waals surface area contributed by atoms with Crippen molar-refractivity contribution in [3.05, 3.63) is 0 Å². The van der Waals surface area contributed by atoms with Gasteiger partial charge in [0.1, 0.15) is 5.44 Å². The third kappa shape index (κ3) is 12.6. The van der Waals surface area contributed by atoms with Gasteiger partial charge in [-0.05, 0) is 19.1 Å². The van der Waals surface area contributed by atoms with Crippen LogP contribution in [0, 0.1) is 0 Å². The van der Waals surface area contributed by atoms with E-state index in [2.05, 4.69) is 6.92 Å². The van der Waals surface area contributed by atoms with Crippen molar-refractivity contribution in [3.8, 4) is 0 Å². The number of hydrogen-bond acceptors (Lipinski definition) is 4. The van der Waals surface area contributed by atoms with Crippen LogP contribution in [0.4, 0.5) is 0 Å². The van der Waals surface area contributed by atoms with Gasteiger partial charge >= 0.3 is 8.60 Å². The van der Waals surface area contributed by atoms with Gasteiger partial charge in [0.05, 0.1) is 0 Å². The smallest absolute Gasteiger partial charge is 0.328 e. The highest BCUT2D eigenvalue weighted by Gasteiger charge is 2.07. The SMILES string of the molecule is CCCCCCCCSC(C)OP(O)O. The van der Waals surface area contributed by atoms with Gasteiger partial charge in [0, 0.05) is 0 Å². The zero-order valence-corrected chi connectivity index (χ0v) is 11.4. The molecule has 1 unspecified atom stereocenters. The molecule has 0 amide bonds. The molecule has 92 valence electrons. The Morgan fingerprint density at radius 1 is 1.13 bits per heavy atom. The fourth-order valence-corrected chi connectivity index (χ4v) is 2.74. The molecule has 0 saturated carbocycles. The lowest BCUT2D eigenvalue weighted by molar-refractivity contribution is 0.248. The van der Waals surface area contributed by atoms with Crippen LogP contribution in [0.25, 0.3) is 0 Å². The minimum absolute atomic E-state index is 0.109. The third-order valence-electron chi connectivity index (χ3n) is 2.09. The summed E-state index contributed by atoms with van der Waals surface area (Å²) in [4.78, 5) is 17.2. The van der Waals surface area contributed by atoms with Gasteiger partial charge in [0.25, 0.3) is 0 Å². The second-order valence-corrected chi connectivity index (χ2v) is 5.69. The second-order valence-electron chi connectivity index (χ2n) is 3.56. The van der Waals surface area contributed by atoms with Crippen molar-refractivity contribution in [2.45, 2.75) is 57.8 Å². The minimum atomic E-state index is -2.19. The monoisotopic (exact) mass is 254 g/mol. The Balaban J connectivity index is 3.09. The molecule has 0 aliphatic carbocycles. The molecule has 3 nitrogen and oxygen atoms in total. The van der Waals surface area contributed by atoms with Gasteiger partial charge in [-0.2, -0.15) is 0 Å². The van der Waals surface area contributed by atoms with E-state index >= 15 is 0 Å². The summed E-state index contributed by atoms with van der Waals surface area (Å²) in [5.41, 5.74) is -0.109. The van der Waals surface area contributed by atoms with Crippen LogP contribution in [0.5, 0.6) is 0 Å². The molecule has 0 rings (SSSR count). The first-order valence-electron chi connectivity index (χ1n) is 5.63. The van der Waals surface area contributed by atoms with Crippen molar-refractivity contribution in [2.75, 3.05) is 5.75 Å². The van der Waals surface area contributed by atoms with Crippen molar-refractivity contribution in [1.29, 1.82) is 0 Å². The maximum absolute atomic E-state index is 8.61. The predicted molar refractivity (Wildman–Crippen MR) is 67.7 cm³/mol. The zero-order valence-electron chi connectivity index (χ0n) is 9.69. The fourth-order valence-electron chi connectivity index (χ4n) is 1.29. The first kappa shape index (κ1) is 15.7. The maximum Gasteiger partial charge on any atom is 0.328 e. The molecule has 0 spiro atoms. The number of thioether (sulfide) groups is 1. The average Bonchev–Trinajstić information content (AvgIpc) is 2.15. The first-order valence-corrected chi connectivity index (χ1v) is 7.84. The van der Waals surface area contributed by atoms with Crippen molar-refractivity contribution in [3.63, 3.8) is 0 Å². The summed E-state index contributed by atoms with van der Waals surface area (Å²) in [6.07, 6.45) is 7.74. The van der Waals surface area contributed by atoms with E-state index in [0.717, 1.165) is 5.75 Å². The lowest BCUT2D eigenvalue weighted by atomic mass is 10.1. The highest BCUT2D eigenvalue weighted by atomic mass is 32.2. The minimum Gasteiger partial charge on any atom is -0.328 e. The molecule has 0 bridgehead atoms. The van der Waals surface area contributed by atoms with Gasteiger partial charge in [-0.15, -0.1) is 11.8 Å². The van der Waals surface area contributed by atoms with Crippen LogP contribution >= 0.6 is 20.4 Å². The van der Waals surface area contributed by atoms with E-state index in [-0.39, 0.29) is 5.44 Å². The summed E-state index contributed by atoms with van der Waals surface area (Å²) in [5, 5.41) is 0. The Bertz CT molecular complexity index is 136. The van der Waals surface area contributed by atoms with Crippen LogP contribution in [0.1, 0.15) is 52.4 Å². The van der Waals surface area contributed by atoms with E-state index < -0.39 is 8.60 Å². The summed E-state index contributed by atoms with van der Waals surface area (Å²) in [6.45, 7) is 4.07. The zero-order chi connectivity index (χ0) is 11.5. The fraction of sp³-hybridized carbons (Fsp3) is 1.00. The Morgan fingerprint density at radius 3 is 2.33 bits per heavy atom. The summed E-state index contributed by atoms with van der Waals surface area (Å²) in [6, 6.07) is 0. The summed E-state index contributed by atoms with van der Waals surface area (Å²) in [5.74, 6) is 1.04. The largest absolute Gasteiger partial charge is 0.328 e. The Morgan fingerprint density at radius 2 is 1.73 bits per heavy atom. The molecule has 0 aromatic heterocycles. The van der Waals surface area contributed by atoms with Crippen LogP contribution in [0.3, 0.4) is 0 Å². The second kappa shape index (κ2) is 11.2. The van der Waals surface area contributed by atoms with E-state index in [1.54, 1.807) is 11.8 Å². The highest BCUT2D eigenvalue weighted by molar-refractivity contribution is 7.99. The van der Waals surface area contributed by atoms with Crippen LogP contribution < -0.4 is 0 Å². The molecule has 2 N–H and O–H groups in total. The van der Waals surface area contributed by atoms with Crippen LogP contribution in [0.15, 0.2) is 0 Å². The molecule has 0 saturated heterocycles. The van der Waals surface area contributed by atoms with E-state index in [1.165, 1.54) is 38.5 Å². The van der Waals surface area contributed by atoms with Gasteiger partial charge in [0.2, 0.25) is 0 Å². The summed E-state index contributed by atoms with van der Waals surface area (Å²) >= 11 is 1.64. The van der Waals surface area contributed by atoms with Gasteiger partial charge < -0.3 is 9.79 Å². The molecule has 0 aliphatic heterocycles. The summed E-state index contributed by atoms with van der Waals surface area (Å²) < 4.78 is 4.83. The molecule has 0 aromatic rings. The van der Waals surface area contributed by atoms with Crippen LogP contribution in [-0.2, 0) is 4.52 Å². The lowest BCUT2D eigenvalue weighted by Crippen LogP contribution is -2.00. The standard InChI is InChI=1S/C10H23O3PS/c1-3-4-5-6-7-8-9-15-10(2)13-14(11)12/h10-12H,3-9H2,1-2H3. The van der Waals surface area contributed by atoms with Crippen molar-refractivity contribution >= 4 is 20.4 Å². The number of rotatable bonds is 10. The molecule has 0 fully saturated rings. The van der Waals surface area contributed by atoms with Gasteiger partial charge in [-0.1, -0.05) is 39.0 Å². The molecular formula is C10H23O3PS. The molecule has 0 radical (unpaired) electrons. The molecule has 0 heterocycles.